The fourth-order valence-corrected chi connectivity index (χ4v) is 3.43. The van der Waals surface area contributed by atoms with Crippen molar-refractivity contribution < 1.29 is 4.79 Å². The van der Waals surface area contributed by atoms with Gasteiger partial charge in [-0.3, -0.25) is 14.3 Å². The van der Waals surface area contributed by atoms with Crippen molar-refractivity contribution in [1.29, 1.82) is 0 Å². The molecule has 0 spiro atoms. The molecule has 1 fully saturated rings. The molecular weight excluding hydrogens is 328 g/mol. The smallest absolute Gasteiger partial charge is 0.344 e. The number of amides is 1. The summed E-state index contributed by atoms with van der Waals surface area (Å²) in [6, 6.07) is 12.2. The minimum Gasteiger partial charge on any atom is -0.344 e. The van der Waals surface area contributed by atoms with Crippen LogP contribution in [0.4, 0.5) is 0 Å². The molecule has 1 amide bonds. The first-order valence-electron chi connectivity index (χ1n) is 9.13. The Morgan fingerprint density at radius 3 is 2.62 bits per heavy atom. The second-order valence-electron chi connectivity index (χ2n) is 7.01. The van der Waals surface area contributed by atoms with Gasteiger partial charge >= 0.3 is 5.69 Å². The van der Waals surface area contributed by atoms with E-state index in [0.717, 1.165) is 39.0 Å². The number of piperidine rings is 1. The molecule has 3 rings (SSSR count). The number of likely N-dealkylation sites (N-methyl/N-ethyl adjacent to an activating group) is 1. The average Bonchev–Trinajstić information content (AvgIpc) is 2.66. The topological polar surface area (TPSA) is 58.4 Å². The highest BCUT2D eigenvalue weighted by atomic mass is 16.2. The first-order valence-corrected chi connectivity index (χ1v) is 9.13. The highest BCUT2D eigenvalue weighted by molar-refractivity contribution is 5.75. The van der Waals surface area contributed by atoms with Crippen LogP contribution in [0.25, 0.3) is 0 Å². The van der Waals surface area contributed by atoms with Gasteiger partial charge in [0, 0.05) is 32.5 Å². The minimum absolute atomic E-state index is 0.0492. The molecule has 2 aromatic rings. The molecule has 0 saturated carbocycles. The van der Waals surface area contributed by atoms with Crippen LogP contribution in [0.2, 0.25) is 0 Å². The van der Waals surface area contributed by atoms with E-state index < -0.39 is 0 Å². The van der Waals surface area contributed by atoms with E-state index in [4.69, 9.17) is 0 Å². The summed E-state index contributed by atoms with van der Waals surface area (Å²) in [4.78, 5) is 31.9. The van der Waals surface area contributed by atoms with E-state index in [2.05, 4.69) is 34.1 Å². The average molecular weight is 354 g/mol. The van der Waals surface area contributed by atoms with Crippen LogP contribution in [0.15, 0.2) is 53.6 Å². The maximum atomic E-state index is 12.4. The van der Waals surface area contributed by atoms with Gasteiger partial charge in [-0.25, -0.2) is 9.78 Å². The van der Waals surface area contributed by atoms with Crippen LogP contribution in [0.3, 0.4) is 0 Å². The molecule has 1 saturated heterocycles. The lowest BCUT2D eigenvalue weighted by molar-refractivity contribution is -0.131. The predicted molar refractivity (Wildman–Crippen MR) is 101 cm³/mol. The minimum atomic E-state index is -0.386. The molecule has 26 heavy (non-hydrogen) atoms. The van der Waals surface area contributed by atoms with Crippen LogP contribution >= 0.6 is 0 Å². The first-order chi connectivity index (χ1) is 12.6. The van der Waals surface area contributed by atoms with E-state index >= 15 is 0 Å². The number of benzene rings is 1. The van der Waals surface area contributed by atoms with Gasteiger partial charge in [0.15, 0.2) is 0 Å². The van der Waals surface area contributed by atoms with Crippen molar-refractivity contribution in [3.05, 3.63) is 64.8 Å². The number of aromatic nitrogens is 2. The number of carbonyl (C=O) groups excluding carboxylic acids is 1. The van der Waals surface area contributed by atoms with Gasteiger partial charge in [-0.05, 0) is 43.5 Å². The largest absolute Gasteiger partial charge is 0.347 e. The standard InChI is InChI=1S/C20H26N4O2/c1-22(19(25)16-24-11-5-10-21-20(24)26)14-18-8-12-23(13-9-18)15-17-6-3-2-4-7-17/h2-7,10-11,18H,8-9,12-16H2,1H3. The third-order valence-electron chi connectivity index (χ3n) is 5.00. The maximum absolute atomic E-state index is 12.4. The van der Waals surface area contributed by atoms with Crippen molar-refractivity contribution >= 4 is 5.91 Å². The van der Waals surface area contributed by atoms with E-state index in [1.807, 2.05) is 13.1 Å². The van der Waals surface area contributed by atoms with Gasteiger partial charge in [-0.2, -0.15) is 0 Å². The Morgan fingerprint density at radius 2 is 1.92 bits per heavy atom. The lowest BCUT2D eigenvalue weighted by atomic mass is 9.96. The Bertz CT molecular complexity index is 767. The van der Waals surface area contributed by atoms with Crippen LogP contribution < -0.4 is 5.69 Å². The number of rotatable bonds is 6. The summed E-state index contributed by atoms with van der Waals surface area (Å²) in [5.41, 5.74) is 0.962. The van der Waals surface area contributed by atoms with Gasteiger partial charge in [0.1, 0.15) is 6.54 Å². The molecule has 1 aliphatic heterocycles. The number of hydrogen-bond donors (Lipinski definition) is 0. The van der Waals surface area contributed by atoms with E-state index in [0.29, 0.717) is 5.92 Å². The van der Waals surface area contributed by atoms with Crippen LogP contribution in [-0.4, -0.2) is 51.9 Å². The van der Waals surface area contributed by atoms with Crippen molar-refractivity contribution in [1.82, 2.24) is 19.4 Å². The first kappa shape index (κ1) is 18.3. The molecule has 1 aromatic heterocycles. The van der Waals surface area contributed by atoms with E-state index in [1.54, 1.807) is 17.2 Å². The zero-order chi connectivity index (χ0) is 18.4. The Labute approximate surface area is 154 Å². The third kappa shape index (κ3) is 5.02. The van der Waals surface area contributed by atoms with Crippen LogP contribution in [0, 0.1) is 5.92 Å². The summed E-state index contributed by atoms with van der Waals surface area (Å²) in [5.74, 6) is 0.466. The van der Waals surface area contributed by atoms with E-state index in [9.17, 15) is 9.59 Å². The highest BCUT2D eigenvalue weighted by Gasteiger charge is 2.22. The van der Waals surface area contributed by atoms with Gasteiger partial charge in [-0.1, -0.05) is 30.3 Å². The number of likely N-dealkylation sites (tertiary alicyclic amines) is 1. The van der Waals surface area contributed by atoms with Crippen molar-refractivity contribution in [3.8, 4) is 0 Å². The second kappa shape index (κ2) is 8.76. The molecule has 1 aromatic carbocycles. The quantitative estimate of drug-likeness (QED) is 0.791. The predicted octanol–water partition coefficient (Wildman–Crippen LogP) is 1.61. The summed E-state index contributed by atoms with van der Waals surface area (Å²) in [5, 5.41) is 0. The van der Waals surface area contributed by atoms with Crippen molar-refractivity contribution in [2.24, 2.45) is 5.92 Å². The van der Waals surface area contributed by atoms with Crippen LogP contribution in [-0.2, 0) is 17.9 Å². The molecule has 0 atom stereocenters. The normalized spacial score (nSPS) is 15.7. The molecule has 2 heterocycles. The molecule has 0 bridgehead atoms. The van der Waals surface area contributed by atoms with Crippen LogP contribution in [0.1, 0.15) is 18.4 Å². The monoisotopic (exact) mass is 354 g/mol. The summed E-state index contributed by atoms with van der Waals surface area (Å²) in [6.07, 6.45) is 5.23. The molecular formula is C20H26N4O2. The zero-order valence-corrected chi connectivity index (χ0v) is 15.3. The van der Waals surface area contributed by atoms with Gasteiger partial charge < -0.3 is 4.90 Å². The highest BCUT2D eigenvalue weighted by Crippen LogP contribution is 2.20. The number of nitrogens with zero attached hydrogens (tertiary/aromatic N) is 4. The fraction of sp³-hybridized carbons (Fsp3) is 0.450. The van der Waals surface area contributed by atoms with Gasteiger partial charge in [0.2, 0.25) is 5.91 Å². The number of carbonyl (C=O) groups is 1. The zero-order valence-electron chi connectivity index (χ0n) is 15.3. The fourth-order valence-electron chi connectivity index (χ4n) is 3.43. The molecule has 6 heteroatoms. The molecule has 0 radical (unpaired) electrons. The van der Waals surface area contributed by atoms with Gasteiger partial charge in [0.25, 0.3) is 0 Å². The van der Waals surface area contributed by atoms with E-state index in [-0.39, 0.29) is 18.1 Å². The third-order valence-corrected chi connectivity index (χ3v) is 5.00. The molecule has 0 N–H and O–H groups in total. The Hall–Kier alpha value is -2.47. The maximum Gasteiger partial charge on any atom is 0.347 e. The Kier molecular flexibility index (Phi) is 6.17. The lowest BCUT2D eigenvalue weighted by Gasteiger charge is -2.34. The molecule has 0 aliphatic carbocycles. The van der Waals surface area contributed by atoms with Gasteiger partial charge in [-0.15, -0.1) is 0 Å². The SMILES string of the molecule is CN(CC1CCN(Cc2ccccc2)CC1)C(=O)Cn1cccnc1=O. The summed E-state index contributed by atoms with van der Waals surface area (Å²) >= 11 is 0. The summed E-state index contributed by atoms with van der Waals surface area (Å²) in [7, 11) is 1.82. The van der Waals surface area contributed by atoms with Gasteiger partial charge in [0.05, 0.1) is 0 Å². The molecule has 6 nitrogen and oxygen atoms in total. The summed E-state index contributed by atoms with van der Waals surface area (Å²) < 4.78 is 1.35. The summed E-state index contributed by atoms with van der Waals surface area (Å²) in [6.45, 7) is 3.91. The second-order valence-corrected chi connectivity index (χ2v) is 7.01. The number of hydrogen-bond acceptors (Lipinski definition) is 4. The van der Waals surface area contributed by atoms with Crippen LogP contribution in [0.5, 0.6) is 0 Å². The van der Waals surface area contributed by atoms with Crippen molar-refractivity contribution in [2.45, 2.75) is 25.9 Å². The van der Waals surface area contributed by atoms with E-state index in [1.165, 1.54) is 16.3 Å². The lowest BCUT2D eigenvalue weighted by Crippen LogP contribution is -2.41. The molecule has 138 valence electrons. The molecule has 0 unspecified atom stereocenters. The van der Waals surface area contributed by atoms with Crippen molar-refractivity contribution in [2.75, 3.05) is 26.7 Å². The van der Waals surface area contributed by atoms with Crippen molar-refractivity contribution in [3.63, 3.8) is 0 Å². The Morgan fingerprint density at radius 1 is 1.19 bits per heavy atom. The Balaban J connectivity index is 1.44. The molecule has 1 aliphatic rings.